The first-order valence-electron chi connectivity index (χ1n) is 8.58. The van der Waals surface area contributed by atoms with Gasteiger partial charge in [0.15, 0.2) is 0 Å². The summed E-state index contributed by atoms with van der Waals surface area (Å²) < 4.78 is 34.3. The van der Waals surface area contributed by atoms with Crippen LogP contribution in [-0.2, 0) is 29.1 Å². The zero-order valence-corrected chi connectivity index (χ0v) is 16.8. The van der Waals surface area contributed by atoms with Gasteiger partial charge in [-0.2, -0.15) is 0 Å². The first-order valence-corrected chi connectivity index (χ1v) is 10.1. The van der Waals surface area contributed by atoms with Crippen LogP contribution in [0.15, 0.2) is 53.1 Å². The highest BCUT2D eigenvalue weighted by atomic mass is 32.2. The number of carbonyl (C=O) groups is 2. The minimum absolute atomic E-state index is 0.106. The number of ether oxygens (including phenoxy) is 2. The van der Waals surface area contributed by atoms with Crippen LogP contribution in [0, 0.1) is 18.8 Å². The van der Waals surface area contributed by atoms with Gasteiger partial charge in [-0.15, -0.1) is 4.83 Å². The fraction of sp³-hybridized carbons (Fsp3) is 0.368. The molecule has 0 bridgehead atoms. The number of aryl methyl sites for hydroxylation is 1. The Morgan fingerprint density at radius 1 is 1.07 bits per heavy atom. The molecule has 0 saturated carbocycles. The monoisotopic (exact) mass is 408 g/mol. The molecule has 1 aromatic carbocycles. The molecule has 1 aromatic rings. The number of methoxy groups -OCH3 is 2. The fourth-order valence-electron chi connectivity index (χ4n) is 2.94. The summed E-state index contributed by atoms with van der Waals surface area (Å²) in [6.07, 6.45) is 2.16. The molecule has 2 rings (SSSR count). The van der Waals surface area contributed by atoms with Crippen molar-refractivity contribution in [2.24, 2.45) is 11.8 Å². The number of rotatable bonds is 7. The third-order valence-electron chi connectivity index (χ3n) is 4.61. The Balaban J connectivity index is 2.09. The van der Waals surface area contributed by atoms with Gasteiger partial charge in [0.1, 0.15) is 0 Å². The maximum atomic E-state index is 12.4. The Labute approximate surface area is 164 Å². The number of hydrazine groups is 1. The lowest BCUT2D eigenvalue weighted by Crippen LogP contribution is -2.39. The number of esters is 2. The van der Waals surface area contributed by atoms with Gasteiger partial charge in [-0.3, -0.25) is 9.59 Å². The van der Waals surface area contributed by atoms with Crippen LogP contribution < -0.4 is 10.3 Å². The van der Waals surface area contributed by atoms with Crippen LogP contribution >= 0.6 is 0 Å². The molecule has 2 unspecified atom stereocenters. The van der Waals surface area contributed by atoms with Crippen molar-refractivity contribution in [1.82, 2.24) is 10.3 Å². The molecule has 0 fully saturated rings. The highest BCUT2D eigenvalue weighted by Gasteiger charge is 2.38. The van der Waals surface area contributed by atoms with Crippen molar-refractivity contribution in [1.29, 1.82) is 0 Å². The zero-order valence-electron chi connectivity index (χ0n) is 16.0. The predicted octanol–water partition coefficient (Wildman–Crippen LogP) is 1.59. The number of hydrogen-bond acceptors (Lipinski definition) is 7. The molecule has 0 amide bonds. The number of carbonyl (C=O) groups excluding carboxylic acids is 2. The van der Waals surface area contributed by atoms with Crippen molar-refractivity contribution in [3.63, 3.8) is 0 Å². The van der Waals surface area contributed by atoms with E-state index in [1.165, 1.54) is 26.4 Å². The van der Waals surface area contributed by atoms with E-state index in [9.17, 15) is 18.0 Å². The van der Waals surface area contributed by atoms with Gasteiger partial charge in [-0.05, 0) is 37.5 Å². The molecular formula is C19H24N2O6S. The van der Waals surface area contributed by atoms with E-state index in [2.05, 4.69) is 16.8 Å². The third kappa shape index (κ3) is 4.99. The molecule has 2 atom stereocenters. The second-order valence-electron chi connectivity index (χ2n) is 6.45. The van der Waals surface area contributed by atoms with E-state index >= 15 is 0 Å². The Bertz CT molecular complexity index is 890. The van der Waals surface area contributed by atoms with Crippen LogP contribution in [0.4, 0.5) is 0 Å². The highest BCUT2D eigenvalue weighted by molar-refractivity contribution is 7.89. The SMILES string of the molecule is C=C(NNS(=O)(=O)c1ccc(C)cc1)C1=CCC(C(=O)OC)C(C(=O)OC)C1. The molecule has 1 aliphatic rings. The van der Waals surface area contributed by atoms with E-state index in [0.29, 0.717) is 5.57 Å². The van der Waals surface area contributed by atoms with Gasteiger partial charge in [0.25, 0.3) is 10.0 Å². The van der Waals surface area contributed by atoms with Crippen molar-refractivity contribution >= 4 is 22.0 Å². The predicted molar refractivity (Wildman–Crippen MR) is 102 cm³/mol. The van der Waals surface area contributed by atoms with Gasteiger partial charge in [-0.1, -0.05) is 30.4 Å². The summed E-state index contributed by atoms with van der Waals surface area (Å²) in [5.74, 6) is -2.42. The Morgan fingerprint density at radius 3 is 2.21 bits per heavy atom. The quantitative estimate of drug-likeness (QED) is 0.521. The van der Waals surface area contributed by atoms with Gasteiger partial charge in [-0.25, -0.2) is 8.42 Å². The third-order valence-corrected chi connectivity index (χ3v) is 5.87. The summed E-state index contributed by atoms with van der Waals surface area (Å²) >= 11 is 0. The number of nitrogens with one attached hydrogen (secondary N) is 2. The molecule has 1 aliphatic carbocycles. The second kappa shape index (κ2) is 9.03. The zero-order chi connectivity index (χ0) is 20.9. The Kier molecular flexibility index (Phi) is 6.98. The molecule has 0 aromatic heterocycles. The normalized spacial score (nSPS) is 19.3. The highest BCUT2D eigenvalue weighted by Crippen LogP contribution is 2.33. The summed E-state index contributed by atoms with van der Waals surface area (Å²) in [6.45, 7) is 5.68. The largest absolute Gasteiger partial charge is 0.469 e. The lowest BCUT2D eigenvalue weighted by molar-refractivity contribution is -0.157. The van der Waals surface area contributed by atoms with Crippen LogP contribution in [0.25, 0.3) is 0 Å². The van der Waals surface area contributed by atoms with Crippen molar-refractivity contribution < 1.29 is 27.5 Å². The molecule has 0 radical (unpaired) electrons. The number of hydrogen-bond donors (Lipinski definition) is 2. The van der Waals surface area contributed by atoms with Crippen molar-refractivity contribution in [2.75, 3.05) is 14.2 Å². The Morgan fingerprint density at radius 2 is 1.64 bits per heavy atom. The summed E-state index contributed by atoms with van der Waals surface area (Å²) in [4.78, 5) is 26.4. The number of benzene rings is 1. The Hall–Kier alpha value is -2.65. The minimum Gasteiger partial charge on any atom is -0.469 e. The summed E-state index contributed by atoms with van der Waals surface area (Å²) in [5.41, 5.74) is 4.41. The molecule has 0 spiro atoms. The van der Waals surface area contributed by atoms with Crippen LogP contribution in [0.5, 0.6) is 0 Å². The first kappa shape index (κ1) is 21.6. The van der Waals surface area contributed by atoms with Crippen LogP contribution in [0.2, 0.25) is 0 Å². The van der Waals surface area contributed by atoms with Crippen LogP contribution in [0.3, 0.4) is 0 Å². The number of sulfonamides is 1. The van der Waals surface area contributed by atoms with E-state index in [-0.39, 0.29) is 23.4 Å². The van der Waals surface area contributed by atoms with Crippen molar-refractivity contribution in [3.05, 3.63) is 53.8 Å². The van der Waals surface area contributed by atoms with Crippen LogP contribution in [0.1, 0.15) is 18.4 Å². The molecule has 0 heterocycles. The maximum Gasteiger partial charge on any atom is 0.309 e. The van der Waals surface area contributed by atoms with Gasteiger partial charge in [0.05, 0.1) is 31.0 Å². The van der Waals surface area contributed by atoms with Gasteiger partial charge >= 0.3 is 11.9 Å². The standard InChI is InChI=1S/C19H24N2O6S/c1-12-5-8-15(9-6-12)28(24,25)21-20-13(2)14-7-10-16(18(22)26-3)17(11-14)19(23)27-4/h5-9,16-17,20-21H,2,10-11H2,1,3-4H3. The lowest BCUT2D eigenvalue weighted by atomic mass is 9.79. The molecule has 28 heavy (non-hydrogen) atoms. The molecular weight excluding hydrogens is 384 g/mol. The van der Waals surface area contributed by atoms with E-state index in [1.54, 1.807) is 18.2 Å². The minimum atomic E-state index is -3.79. The average molecular weight is 408 g/mol. The molecule has 2 N–H and O–H groups in total. The molecule has 9 heteroatoms. The summed E-state index contributed by atoms with van der Waals surface area (Å²) in [6, 6.07) is 6.38. The average Bonchev–Trinajstić information content (AvgIpc) is 2.70. The van der Waals surface area contributed by atoms with Crippen molar-refractivity contribution in [3.8, 4) is 0 Å². The summed E-state index contributed by atoms with van der Waals surface area (Å²) in [7, 11) is -1.28. The lowest BCUT2D eigenvalue weighted by Gasteiger charge is -2.28. The smallest absolute Gasteiger partial charge is 0.309 e. The van der Waals surface area contributed by atoms with E-state index < -0.39 is 33.8 Å². The first-order chi connectivity index (χ1) is 13.2. The summed E-state index contributed by atoms with van der Waals surface area (Å²) in [5, 5.41) is 0. The molecule has 0 aliphatic heterocycles. The van der Waals surface area contributed by atoms with Gasteiger partial charge < -0.3 is 14.9 Å². The van der Waals surface area contributed by atoms with Crippen molar-refractivity contribution in [2.45, 2.75) is 24.7 Å². The number of allylic oxidation sites excluding steroid dienone is 2. The van der Waals surface area contributed by atoms with Gasteiger partial charge in [0.2, 0.25) is 0 Å². The van der Waals surface area contributed by atoms with Gasteiger partial charge in [0, 0.05) is 5.70 Å². The molecule has 8 nitrogen and oxygen atoms in total. The topological polar surface area (TPSA) is 111 Å². The molecule has 152 valence electrons. The van der Waals surface area contributed by atoms with Crippen LogP contribution in [-0.4, -0.2) is 34.6 Å². The maximum absolute atomic E-state index is 12.4. The second-order valence-corrected chi connectivity index (χ2v) is 8.13. The van der Waals surface area contributed by atoms with E-state index in [0.717, 1.165) is 5.56 Å². The fourth-order valence-corrected chi connectivity index (χ4v) is 3.81. The van der Waals surface area contributed by atoms with E-state index in [4.69, 9.17) is 9.47 Å². The molecule has 0 saturated heterocycles. The van der Waals surface area contributed by atoms with E-state index in [1.807, 2.05) is 6.92 Å².